The largest absolute Gasteiger partial charge is 0.271 e. The van der Waals surface area contributed by atoms with Gasteiger partial charge in [0.05, 0.1) is 0 Å². The minimum atomic E-state index is 0.0694. The fourth-order valence-corrected chi connectivity index (χ4v) is 2.27. The van der Waals surface area contributed by atoms with Gasteiger partial charge in [0.2, 0.25) is 0 Å². The normalized spacial score (nSPS) is 13.1. The average Bonchev–Trinajstić information content (AvgIpc) is 2.28. The van der Waals surface area contributed by atoms with Crippen molar-refractivity contribution in [1.82, 2.24) is 5.43 Å². The lowest BCUT2D eigenvalue weighted by molar-refractivity contribution is 0.455. The first kappa shape index (κ1) is 14.8. The van der Waals surface area contributed by atoms with E-state index in [-0.39, 0.29) is 6.04 Å². The summed E-state index contributed by atoms with van der Waals surface area (Å²) in [7, 11) is 0. The minimum absolute atomic E-state index is 0.0694. The summed E-state index contributed by atoms with van der Waals surface area (Å²) in [5, 5.41) is 1.40. The van der Waals surface area contributed by atoms with E-state index < -0.39 is 0 Å². The van der Waals surface area contributed by atoms with E-state index in [9.17, 15) is 0 Å². The van der Waals surface area contributed by atoms with Crippen LogP contribution in [0.5, 0.6) is 0 Å². The third kappa shape index (κ3) is 4.84. The second kappa shape index (κ2) is 7.22. The lowest BCUT2D eigenvalue weighted by Gasteiger charge is -2.18. The van der Waals surface area contributed by atoms with Crippen LogP contribution in [0.25, 0.3) is 0 Å². The summed E-state index contributed by atoms with van der Waals surface area (Å²) in [6.07, 6.45) is 3.28. The molecule has 1 unspecified atom stereocenters. The van der Waals surface area contributed by atoms with Crippen LogP contribution in [0.3, 0.4) is 0 Å². The molecular formula is C13H20Cl2N2. The molecule has 17 heavy (non-hydrogen) atoms. The summed E-state index contributed by atoms with van der Waals surface area (Å²) in [5.74, 6) is 6.30. The van der Waals surface area contributed by atoms with Crippen molar-refractivity contribution in [2.45, 2.75) is 39.2 Å². The zero-order valence-electron chi connectivity index (χ0n) is 10.3. The number of rotatable bonds is 6. The van der Waals surface area contributed by atoms with Gasteiger partial charge in [0.15, 0.2) is 0 Å². The van der Waals surface area contributed by atoms with Gasteiger partial charge in [0.25, 0.3) is 0 Å². The van der Waals surface area contributed by atoms with E-state index in [4.69, 9.17) is 29.0 Å². The van der Waals surface area contributed by atoms with E-state index in [0.29, 0.717) is 16.0 Å². The predicted molar refractivity (Wildman–Crippen MR) is 75.2 cm³/mol. The van der Waals surface area contributed by atoms with Crippen LogP contribution in [0.4, 0.5) is 0 Å². The van der Waals surface area contributed by atoms with Gasteiger partial charge in [-0.2, -0.15) is 0 Å². The molecule has 0 saturated carbocycles. The molecule has 0 aromatic heterocycles. The van der Waals surface area contributed by atoms with Crippen LogP contribution in [0.15, 0.2) is 18.2 Å². The predicted octanol–water partition coefficient (Wildman–Crippen LogP) is 4.32. The summed E-state index contributed by atoms with van der Waals surface area (Å²) in [4.78, 5) is 0. The molecule has 0 aliphatic heterocycles. The Morgan fingerprint density at radius 3 is 2.53 bits per heavy atom. The van der Waals surface area contributed by atoms with Crippen LogP contribution in [0, 0.1) is 5.92 Å². The lowest BCUT2D eigenvalue weighted by atomic mass is 9.98. The Bertz CT molecular complexity index is 353. The van der Waals surface area contributed by atoms with Crippen molar-refractivity contribution in [2.24, 2.45) is 11.8 Å². The molecule has 3 N–H and O–H groups in total. The molecular weight excluding hydrogens is 255 g/mol. The van der Waals surface area contributed by atoms with Crippen LogP contribution in [0.2, 0.25) is 10.0 Å². The summed E-state index contributed by atoms with van der Waals surface area (Å²) < 4.78 is 0. The molecule has 0 spiro atoms. The number of nitrogens with two attached hydrogens (primary N) is 1. The molecule has 96 valence electrons. The maximum absolute atomic E-state index is 6.16. The summed E-state index contributed by atoms with van der Waals surface area (Å²) in [6, 6.07) is 5.55. The Kier molecular flexibility index (Phi) is 6.28. The van der Waals surface area contributed by atoms with Crippen molar-refractivity contribution in [3.8, 4) is 0 Å². The van der Waals surface area contributed by atoms with E-state index in [2.05, 4.69) is 19.3 Å². The van der Waals surface area contributed by atoms with E-state index in [1.165, 1.54) is 6.42 Å². The Morgan fingerprint density at radius 2 is 1.94 bits per heavy atom. The molecule has 1 rings (SSSR count). The first-order valence-corrected chi connectivity index (χ1v) is 6.71. The fraction of sp³-hybridized carbons (Fsp3) is 0.538. The first-order chi connectivity index (χ1) is 8.04. The van der Waals surface area contributed by atoms with Gasteiger partial charge in [-0.1, -0.05) is 49.9 Å². The number of hydrogen-bond donors (Lipinski definition) is 2. The summed E-state index contributed by atoms with van der Waals surface area (Å²) in [5.41, 5.74) is 3.79. The molecule has 4 heteroatoms. The maximum Gasteiger partial charge on any atom is 0.0475 e. The monoisotopic (exact) mass is 274 g/mol. The quantitative estimate of drug-likeness (QED) is 0.599. The Labute approximate surface area is 113 Å². The van der Waals surface area contributed by atoms with Gasteiger partial charge in [-0.25, -0.2) is 0 Å². The van der Waals surface area contributed by atoms with Crippen LogP contribution in [-0.4, -0.2) is 0 Å². The van der Waals surface area contributed by atoms with Gasteiger partial charge >= 0.3 is 0 Å². The third-order valence-corrected chi connectivity index (χ3v) is 3.39. The van der Waals surface area contributed by atoms with Gasteiger partial charge in [-0.3, -0.25) is 11.3 Å². The molecule has 1 atom stereocenters. The van der Waals surface area contributed by atoms with E-state index in [0.717, 1.165) is 18.4 Å². The molecule has 0 aliphatic rings. The van der Waals surface area contributed by atoms with Gasteiger partial charge in [-0.15, -0.1) is 0 Å². The van der Waals surface area contributed by atoms with Crippen molar-refractivity contribution >= 4 is 23.2 Å². The number of nitrogens with one attached hydrogen (secondary N) is 1. The first-order valence-electron chi connectivity index (χ1n) is 5.95. The molecule has 0 fully saturated rings. The zero-order valence-corrected chi connectivity index (χ0v) is 11.9. The van der Waals surface area contributed by atoms with Gasteiger partial charge in [0.1, 0.15) is 0 Å². The molecule has 0 aliphatic carbocycles. The summed E-state index contributed by atoms with van der Waals surface area (Å²) in [6.45, 7) is 4.44. The molecule has 0 saturated heterocycles. The second-order valence-corrected chi connectivity index (χ2v) is 5.55. The maximum atomic E-state index is 6.16. The highest BCUT2D eigenvalue weighted by atomic mass is 35.5. The van der Waals surface area contributed by atoms with Crippen molar-refractivity contribution in [2.75, 3.05) is 0 Å². The van der Waals surface area contributed by atoms with Crippen LogP contribution in [-0.2, 0) is 0 Å². The van der Waals surface area contributed by atoms with Crippen molar-refractivity contribution in [3.05, 3.63) is 33.8 Å². The SMILES string of the molecule is CC(C)CCCC(NN)c1cc(Cl)ccc1Cl. The Balaban J connectivity index is 2.68. The van der Waals surface area contributed by atoms with Gasteiger partial charge in [-0.05, 0) is 36.1 Å². The number of benzene rings is 1. The molecule has 0 radical (unpaired) electrons. The number of halogens is 2. The van der Waals surface area contributed by atoms with E-state index in [1.807, 2.05) is 12.1 Å². The van der Waals surface area contributed by atoms with Crippen molar-refractivity contribution in [3.63, 3.8) is 0 Å². The third-order valence-electron chi connectivity index (χ3n) is 2.81. The van der Waals surface area contributed by atoms with Crippen LogP contribution in [0.1, 0.15) is 44.7 Å². The smallest absolute Gasteiger partial charge is 0.0475 e. The molecule has 2 nitrogen and oxygen atoms in total. The molecule has 1 aromatic carbocycles. The number of hydrogen-bond acceptors (Lipinski definition) is 2. The molecule has 0 heterocycles. The molecule has 0 amide bonds. The Hall–Kier alpha value is -0.280. The molecule has 0 bridgehead atoms. The van der Waals surface area contributed by atoms with E-state index >= 15 is 0 Å². The zero-order chi connectivity index (χ0) is 12.8. The van der Waals surface area contributed by atoms with Crippen molar-refractivity contribution < 1.29 is 0 Å². The highest BCUT2D eigenvalue weighted by molar-refractivity contribution is 6.33. The Morgan fingerprint density at radius 1 is 1.24 bits per heavy atom. The van der Waals surface area contributed by atoms with E-state index in [1.54, 1.807) is 6.07 Å². The average molecular weight is 275 g/mol. The van der Waals surface area contributed by atoms with Gasteiger partial charge < -0.3 is 0 Å². The second-order valence-electron chi connectivity index (χ2n) is 4.71. The van der Waals surface area contributed by atoms with Crippen molar-refractivity contribution in [1.29, 1.82) is 0 Å². The number of hydrazine groups is 1. The van der Waals surface area contributed by atoms with Crippen LogP contribution >= 0.6 is 23.2 Å². The minimum Gasteiger partial charge on any atom is -0.271 e. The highest BCUT2D eigenvalue weighted by Crippen LogP contribution is 2.29. The highest BCUT2D eigenvalue weighted by Gasteiger charge is 2.13. The van der Waals surface area contributed by atoms with Gasteiger partial charge in [0, 0.05) is 16.1 Å². The standard InChI is InChI=1S/C13H20Cl2N2/c1-9(2)4-3-5-13(17-16)11-8-10(14)6-7-12(11)15/h6-9,13,17H,3-5,16H2,1-2H3. The van der Waals surface area contributed by atoms with Crippen LogP contribution < -0.4 is 11.3 Å². The topological polar surface area (TPSA) is 38.0 Å². The summed E-state index contributed by atoms with van der Waals surface area (Å²) >= 11 is 12.1. The fourth-order valence-electron chi connectivity index (χ4n) is 1.84. The molecule has 1 aromatic rings. The lowest BCUT2D eigenvalue weighted by Crippen LogP contribution is -2.28.